The van der Waals surface area contributed by atoms with E-state index in [0.717, 1.165) is 33.8 Å². The molecular formula is C18H12N2S2. The topological polar surface area (TPSA) is 25.8 Å². The first-order chi connectivity index (χ1) is 10.9. The number of thiophene rings is 2. The molecule has 0 N–H and O–H groups in total. The van der Waals surface area contributed by atoms with Gasteiger partial charge < -0.3 is 0 Å². The Labute approximate surface area is 136 Å². The number of aromatic nitrogens is 2. The molecule has 0 fully saturated rings. The van der Waals surface area contributed by atoms with E-state index in [4.69, 9.17) is 4.98 Å². The number of nitrogens with zero attached hydrogens (tertiary/aromatic N) is 2. The Morgan fingerprint density at radius 2 is 1.36 bits per heavy atom. The quantitative estimate of drug-likeness (QED) is 0.491. The highest BCUT2D eigenvalue weighted by molar-refractivity contribution is 7.08. The lowest BCUT2D eigenvalue weighted by molar-refractivity contribution is 1.29. The van der Waals surface area contributed by atoms with Gasteiger partial charge in [0.15, 0.2) is 0 Å². The predicted molar refractivity (Wildman–Crippen MR) is 94.1 cm³/mol. The van der Waals surface area contributed by atoms with E-state index in [9.17, 15) is 0 Å². The van der Waals surface area contributed by atoms with Crippen molar-refractivity contribution in [1.82, 2.24) is 9.97 Å². The summed E-state index contributed by atoms with van der Waals surface area (Å²) < 4.78 is 0. The third kappa shape index (κ3) is 2.58. The molecule has 0 spiro atoms. The van der Waals surface area contributed by atoms with Crippen molar-refractivity contribution in [1.29, 1.82) is 0 Å². The number of hydrogen-bond donors (Lipinski definition) is 0. The molecule has 0 aromatic carbocycles. The molecule has 0 unspecified atom stereocenters. The van der Waals surface area contributed by atoms with Gasteiger partial charge in [0.2, 0.25) is 0 Å². The fourth-order valence-electron chi connectivity index (χ4n) is 2.33. The Hall–Kier alpha value is -2.30. The minimum absolute atomic E-state index is 0.970. The van der Waals surface area contributed by atoms with Crippen LogP contribution in [0.1, 0.15) is 0 Å². The molecule has 0 atom stereocenters. The Kier molecular flexibility index (Phi) is 3.54. The van der Waals surface area contributed by atoms with Crippen molar-refractivity contribution in [2.45, 2.75) is 0 Å². The van der Waals surface area contributed by atoms with Crippen LogP contribution in [0, 0.1) is 0 Å². The van der Waals surface area contributed by atoms with Crippen LogP contribution in [-0.4, -0.2) is 9.97 Å². The van der Waals surface area contributed by atoms with Crippen LogP contribution in [-0.2, 0) is 0 Å². The molecule has 4 rings (SSSR count). The zero-order chi connectivity index (χ0) is 14.8. The van der Waals surface area contributed by atoms with Gasteiger partial charge in [0.1, 0.15) is 0 Å². The highest BCUT2D eigenvalue weighted by Gasteiger charge is 2.09. The van der Waals surface area contributed by atoms with Crippen molar-refractivity contribution >= 4 is 22.7 Å². The molecule has 0 saturated carbocycles. The molecule has 106 valence electrons. The second-order valence-corrected chi connectivity index (χ2v) is 6.43. The van der Waals surface area contributed by atoms with Crippen LogP contribution in [0.2, 0.25) is 0 Å². The molecule has 0 amide bonds. The lowest BCUT2D eigenvalue weighted by Gasteiger charge is -2.07. The van der Waals surface area contributed by atoms with Crippen LogP contribution in [0.25, 0.3) is 33.8 Å². The molecule has 0 radical (unpaired) electrons. The molecule has 0 aliphatic heterocycles. The summed E-state index contributed by atoms with van der Waals surface area (Å²) >= 11 is 3.37. The standard InChI is InChI=1S/C18H12N2S2/c1-2-6-19-16(3-1)15-9-17(13-4-7-21-11-13)20-18(10-15)14-5-8-22-12-14/h1-12H. The summed E-state index contributed by atoms with van der Waals surface area (Å²) in [7, 11) is 0. The zero-order valence-corrected chi connectivity index (χ0v) is 13.3. The van der Waals surface area contributed by atoms with Crippen LogP contribution < -0.4 is 0 Å². The molecule has 0 bridgehead atoms. The molecule has 4 heteroatoms. The molecule has 4 aromatic rings. The van der Waals surface area contributed by atoms with Gasteiger partial charge in [-0.1, -0.05) is 6.07 Å². The molecule has 4 heterocycles. The van der Waals surface area contributed by atoms with Gasteiger partial charge in [-0.05, 0) is 47.2 Å². The van der Waals surface area contributed by atoms with Crippen molar-refractivity contribution < 1.29 is 0 Å². The second-order valence-electron chi connectivity index (χ2n) is 4.87. The third-order valence-corrected chi connectivity index (χ3v) is 4.79. The highest BCUT2D eigenvalue weighted by atomic mass is 32.1. The van der Waals surface area contributed by atoms with E-state index in [0.29, 0.717) is 0 Å². The van der Waals surface area contributed by atoms with E-state index in [2.05, 4.69) is 50.8 Å². The van der Waals surface area contributed by atoms with Gasteiger partial charge in [-0.2, -0.15) is 22.7 Å². The van der Waals surface area contributed by atoms with Crippen molar-refractivity contribution in [3.05, 3.63) is 70.2 Å². The van der Waals surface area contributed by atoms with Crippen LogP contribution in [0.4, 0.5) is 0 Å². The third-order valence-electron chi connectivity index (χ3n) is 3.42. The summed E-state index contributed by atoms with van der Waals surface area (Å²) in [4.78, 5) is 9.30. The number of pyridine rings is 2. The van der Waals surface area contributed by atoms with Gasteiger partial charge >= 0.3 is 0 Å². The maximum atomic E-state index is 4.83. The van der Waals surface area contributed by atoms with Crippen molar-refractivity contribution in [3.63, 3.8) is 0 Å². The predicted octanol–water partition coefficient (Wildman–Crippen LogP) is 5.60. The first-order valence-corrected chi connectivity index (χ1v) is 8.77. The first-order valence-electron chi connectivity index (χ1n) is 6.89. The van der Waals surface area contributed by atoms with Crippen LogP contribution in [0.3, 0.4) is 0 Å². The average molecular weight is 320 g/mol. The van der Waals surface area contributed by atoms with Crippen molar-refractivity contribution in [2.75, 3.05) is 0 Å². The van der Waals surface area contributed by atoms with E-state index >= 15 is 0 Å². The smallest absolute Gasteiger partial charge is 0.0724 e. The molecule has 4 aromatic heterocycles. The lowest BCUT2D eigenvalue weighted by Crippen LogP contribution is -1.90. The first kappa shape index (κ1) is 13.4. The van der Waals surface area contributed by atoms with Gasteiger partial charge in [-0.3, -0.25) is 4.98 Å². The van der Waals surface area contributed by atoms with Crippen LogP contribution in [0.15, 0.2) is 70.2 Å². The summed E-state index contributed by atoms with van der Waals surface area (Å²) in [5.41, 5.74) is 6.35. The van der Waals surface area contributed by atoms with E-state index < -0.39 is 0 Å². The Morgan fingerprint density at radius 1 is 0.682 bits per heavy atom. The van der Waals surface area contributed by atoms with E-state index in [1.807, 2.05) is 24.4 Å². The monoisotopic (exact) mass is 320 g/mol. The normalized spacial score (nSPS) is 10.7. The van der Waals surface area contributed by atoms with Crippen LogP contribution >= 0.6 is 22.7 Å². The second kappa shape index (κ2) is 5.83. The van der Waals surface area contributed by atoms with Gasteiger partial charge in [0.05, 0.1) is 17.1 Å². The minimum atomic E-state index is 0.970. The summed E-state index contributed by atoms with van der Waals surface area (Å²) in [5.74, 6) is 0. The van der Waals surface area contributed by atoms with Gasteiger partial charge in [-0.15, -0.1) is 0 Å². The van der Waals surface area contributed by atoms with E-state index in [-0.39, 0.29) is 0 Å². The summed E-state index contributed by atoms with van der Waals surface area (Å²) in [5, 5.41) is 8.41. The van der Waals surface area contributed by atoms with Crippen LogP contribution in [0.5, 0.6) is 0 Å². The van der Waals surface area contributed by atoms with Gasteiger partial charge in [-0.25, -0.2) is 4.98 Å². The molecule has 0 aliphatic rings. The largest absolute Gasteiger partial charge is 0.256 e. The van der Waals surface area contributed by atoms with Crippen molar-refractivity contribution in [3.8, 4) is 33.8 Å². The summed E-state index contributed by atoms with van der Waals surface area (Å²) in [6, 6.07) is 14.4. The molecule has 0 saturated heterocycles. The average Bonchev–Trinajstić information content (AvgIpc) is 3.29. The zero-order valence-electron chi connectivity index (χ0n) is 11.6. The Morgan fingerprint density at radius 3 is 1.86 bits per heavy atom. The highest BCUT2D eigenvalue weighted by Crippen LogP contribution is 2.30. The minimum Gasteiger partial charge on any atom is -0.256 e. The number of rotatable bonds is 3. The molecule has 0 aliphatic carbocycles. The Bertz CT molecular complexity index is 814. The molecule has 2 nitrogen and oxygen atoms in total. The fraction of sp³-hybridized carbons (Fsp3) is 0. The number of hydrogen-bond acceptors (Lipinski definition) is 4. The Balaban J connectivity index is 1.91. The van der Waals surface area contributed by atoms with Gasteiger partial charge in [0, 0.05) is 33.6 Å². The maximum Gasteiger partial charge on any atom is 0.0724 e. The summed E-state index contributed by atoms with van der Waals surface area (Å²) in [6.07, 6.45) is 1.82. The molecule has 22 heavy (non-hydrogen) atoms. The van der Waals surface area contributed by atoms with E-state index in [1.54, 1.807) is 22.7 Å². The van der Waals surface area contributed by atoms with E-state index in [1.165, 1.54) is 0 Å². The maximum absolute atomic E-state index is 4.83. The SMILES string of the molecule is c1ccc(-c2cc(-c3ccsc3)nc(-c3ccsc3)c2)nc1. The lowest BCUT2D eigenvalue weighted by atomic mass is 10.1. The van der Waals surface area contributed by atoms with Gasteiger partial charge in [0.25, 0.3) is 0 Å². The summed E-state index contributed by atoms with van der Waals surface area (Å²) in [6.45, 7) is 0. The molecular weight excluding hydrogens is 308 g/mol. The fourth-order valence-corrected chi connectivity index (χ4v) is 3.63. The van der Waals surface area contributed by atoms with Crippen molar-refractivity contribution in [2.24, 2.45) is 0 Å².